The standard InChI is InChI=1S/C15H16N2O2/c1-10-5-6-14(18)12(8-10)15(19)17-9-13-11(2)4-3-7-16-13/h3-8,18H,9H2,1-2H3,(H,17,19). The number of hydrogen-bond acceptors (Lipinski definition) is 3. The summed E-state index contributed by atoms with van der Waals surface area (Å²) in [6.45, 7) is 4.16. The molecule has 0 aliphatic rings. The summed E-state index contributed by atoms with van der Waals surface area (Å²) in [5.74, 6) is -0.313. The van der Waals surface area contributed by atoms with E-state index in [2.05, 4.69) is 10.3 Å². The molecule has 1 aromatic heterocycles. The minimum atomic E-state index is -0.300. The number of nitrogens with one attached hydrogen (secondary N) is 1. The third-order valence-corrected chi connectivity index (χ3v) is 2.93. The molecule has 2 N–H and O–H groups in total. The molecule has 4 nitrogen and oxygen atoms in total. The first-order valence-corrected chi connectivity index (χ1v) is 6.06. The molecular weight excluding hydrogens is 240 g/mol. The highest BCUT2D eigenvalue weighted by Gasteiger charge is 2.11. The maximum Gasteiger partial charge on any atom is 0.255 e. The van der Waals surface area contributed by atoms with Gasteiger partial charge in [-0.25, -0.2) is 0 Å². The number of phenolic OH excluding ortho intramolecular Hbond substituents is 1. The highest BCUT2D eigenvalue weighted by atomic mass is 16.3. The van der Waals surface area contributed by atoms with E-state index in [4.69, 9.17) is 0 Å². The summed E-state index contributed by atoms with van der Waals surface area (Å²) in [6, 6.07) is 8.74. The van der Waals surface area contributed by atoms with Crippen molar-refractivity contribution in [2.75, 3.05) is 0 Å². The molecule has 0 saturated heterocycles. The van der Waals surface area contributed by atoms with Gasteiger partial charge in [-0.1, -0.05) is 17.7 Å². The molecule has 0 bridgehead atoms. The van der Waals surface area contributed by atoms with Crippen LogP contribution in [0.1, 0.15) is 27.2 Å². The predicted molar refractivity (Wildman–Crippen MR) is 73.0 cm³/mol. The van der Waals surface area contributed by atoms with Crippen LogP contribution in [0.25, 0.3) is 0 Å². The number of phenols is 1. The monoisotopic (exact) mass is 256 g/mol. The number of aromatic hydroxyl groups is 1. The Hall–Kier alpha value is -2.36. The molecule has 0 unspecified atom stereocenters. The zero-order valence-electron chi connectivity index (χ0n) is 11.0. The maximum atomic E-state index is 12.0. The summed E-state index contributed by atoms with van der Waals surface area (Å²) >= 11 is 0. The van der Waals surface area contributed by atoms with Crippen LogP contribution in [0, 0.1) is 13.8 Å². The van der Waals surface area contributed by atoms with Crippen LogP contribution in [0.5, 0.6) is 5.75 Å². The molecule has 98 valence electrons. The lowest BCUT2D eigenvalue weighted by Gasteiger charge is -2.08. The molecule has 2 rings (SSSR count). The van der Waals surface area contributed by atoms with Crippen molar-refractivity contribution in [2.24, 2.45) is 0 Å². The third-order valence-electron chi connectivity index (χ3n) is 2.93. The zero-order valence-corrected chi connectivity index (χ0v) is 11.0. The van der Waals surface area contributed by atoms with Crippen molar-refractivity contribution in [3.8, 4) is 5.75 Å². The van der Waals surface area contributed by atoms with Crippen molar-refractivity contribution >= 4 is 5.91 Å². The number of benzene rings is 1. The van der Waals surface area contributed by atoms with Gasteiger partial charge in [-0.05, 0) is 37.6 Å². The van der Waals surface area contributed by atoms with Crippen molar-refractivity contribution in [3.63, 3.8) is 0 Å². The second kappa shape index (κ2) is 5.52. The highest BCUT2D eigenvalue weighted by Crippen LogP contribution is 2.18. The van der Waals surface area contributed by atoms with Gasteiger partial charge in [-0.2, -0.15) is 0 Å². The molecule has 1 heterocycles. The SMILES string of the molecule is Cc1ccc(O)c(C(=O)NCc2ncccc2C)c1. The molecule has 0 radical (unpaired) electrons. The van der Waals surface area contributed by atoms with Gasteiger partial charge in [-0.3, -0.25) is 9.78 Å². The van der Waals surface area contributed by atoms with Gasteiger partial charge in [0.05, 0.1) is 17.8 Å². The first-order chi connectivity index (χ1) is 9.08. The van der Waals surface area contributed by atoms with E-state index in [0.717, 1.165) is 16.8 Å². The largest absolute Gasteiger partial charge is 0.507 e. The molecule has 1 aromatic carbocycles. The minimum absolute atomic E-state index is 0.0131. The summed E-state index contributed by atoms with van der Waals surface area (Å²) in [6.07, 6.45) is 1.69. The van der Waals surface area contributed by atoms with Gasteiger partial charge < -0.3 is 10.4 Å². The Labute approximate surface area is 112 Å². The molecule has 1 amide bonds. The Kier molecular flexibility index (Phi) is 3.80. The van der Waals surface area contributed by atoms with Gasteiger partial charge >= 0.3 is 0 Å². The van der Waals surface area contributed by atoms with E-state index in [9.17, 15) is 9.90 Å². The highest BCUT2D eigenvalue weighted by molar-refractivity contribution is 5.96. The van der Waals surface area contributed by atoms with Crippen molar-refractivity contribution in [2.45, 2.75) is 20.4 Å². The average molecular weight is 256 g/mol. The van der Waals surface area contributed by atoms with Gasteiger partial charge in [0, 0.05) is 6.20 Å². The lowest BCUT2D eigenvalue weighted by molar-refractivity contribution is 0.0947. The molecule has 0 saturated carbocycles. The van der Waals surface area contributed by atoms with E-state index in [1.807, 2.05) is 26.0 Å². The van der Waals surface area contributed by atoms with Crippen molar-refractivity contribution in [1.29, 1.82) is 0 Å². The number of rotatable bonds is 3. The van der Waals surface area contributed by atoms with Crippen LogP contribution in [0.2, 0.25) is 0 Å². The number of hydrogen-bond donors (Lipinski definition) is 2. The van der Waals surface area contributed by atoms with Crippen LogP contribution in [0.15, 0.2) is 36.5 Å². The van der Waals surface area contributed by atoms with Gasteiger partial charge in [0.25, 0.3) is 5.91 Å². The van der Waals surface area contributed by atoms with Crippen LogP contribution in [-0.2, 0) is 6.54 Å². The van der Waals surface area contributed by atoms with Crippen LogP contribution in [0.4, 0.5) is 0 Å². The van der Waals surface area contributed by atoms with E-state index in [1.54, 1.807) is 18.3 Å². The summed E-state index contributed by atoms with van der Waals surface area (Å²) < 4.78 is 0. The lowest BCUT2D eigenvalue weighted by atomic mass is 10.1. The van der Waals surface area contributed by atoms with Crippen molar-refractivity contribution < 1.29 is 9.90 Å². The van der Waals surface area contributed by atoms with Gasteiger partial charge in [-0.15, -0.1) is 0 Å². The maximum absolute atomic E-state index is 12.0. The number of carbonyl (C=O) groups excluding carboxylic acids is 1. The Morgan fingerprint density at radius 1 is 1.32 bits per heavy atom. The van der Waals surface area contributed by atoms with E-state index in [-0.39, 0.29) is 17.2 Å². The molecule has 0 aliphatic heterocycles. The summed E-state index contributed by atoms with van der Waals surface area (Å²) in [5, 5.41) is 12.4. The molecule has 4 heteroatoms. The van der Waals surface area contributed by atoms with E-state index in [0.29, 0.717) is 6.54 Å². The summed E-state index contributed by atoms with van der Waals surface area (Å²) in [5.41, 5.74) is 3.06. The zero-order chi connectivity index (χ0) is 13.8. The molecule has 19 heavy (non-hydrogen) atoms. The topological polar surface area (TPSA) is 62.2 Å². The first-order valence-electron chi connectivity index (χ1n) is 6.06. The Morgan fingerprint density at radius 3 is 2.84 bits per heavy atom. The number of nitrogens with zero attached hydrogens (tertiary/aromatic N) is 1. The van der Waals surface area contributed by atoms with Crippen LogP contribution < -0.4 is 5.32 Å². The van der Waals surface area contributed by atoms with Gasteiger partial charge in [0.15, 0.2) is 0 Å². The van der Waals surface area contributed by atoms with Crippen molar-refractivity contribution in [3.05, 3.63) is 58.9 Å². The number of aromatic nitrogens is 1. The van der Waals surface area contributed by atoms with Crippen LogP contribution in [0.3, 0.4) is 0 Å². The predicted octanol–water partition coefficient (Wildman–Crippen LogP) is 2.33. The number of pyridine rings is 1. The molecule has 0 aliphatic carbocycles. The Bertz CT molecular complexity index is 609. The number of aryl methyl sites for hydroxylation is 2. The average Bonchev–Trinajstić information content (AvgIpc) is 2.40. The van der Waals surface area contributed by atoms with E-state index < -0.39 is 0 Å². The van der Waals surface area contributed by atoms with E-state index in [1.165, 1.54) is 6.07 Å². The van der Waals surface area contributed by atoms with Crippen LogP contribution >= 0.6 is 0 Å². The lowest BCUT2D eigenvalue weighted by Crippen LogP contribution is -2.24. The summed E-state index contributed by atoms with van der Waals surface area (Å²) in [4.78, 5) is 16.2. The smallest absolute Gasteiger partial charge is 0.255 e. The molecule has 0 atom stereocenters. The summed E-state index contributed by atoms with van der Waals surface area (Å²) in [7, 11) is 0. The Morgan fingerprint density at radius 2 is 2.11 bits per heavy atom. The van der Waals surface area contributed by atoms with Crippen LogP contribution in [-0.4, -0.2) is 16.0 Å². The van der Waals surface area contributed by atoms with E-state index >= 15 is 0 Å². The first kappa shape index (κ1) is 13.1. The van der Waals surface area contributed by atoms with Gasteiger partial charge in [0.1, 0.15) is 5.75 Å². The molecule has 0 fully saturated rings. The quantitative estimate of drug-likeness (QED) is 0.886. The molecule has 2 aromatic rings. The number of amides is 1. The Balaban J connectivity index is 2.10. The normalized spacial score (nSPS) is 10.2. The molecule has 0 spiro atoms. The molecular formula is C15H16N2O2. The minimum Gasteiger partial charge on any atom is -0.507 e. The third kappa shape index (κ3) is 3.10. The van der Waals surface area contributed by atoms with Crippen molar-refractivity contribution in [1.82, 2.24) is 10.3 Å². The van der Waals surface area contributed by atoms with Gasteiger partial charge in [0.2, 0.25) is 0 Å². The fourth-order valence-electron chi connectivity index (χ4n) is 1.79. The number of carbonyl (C=O) groups is 1. The fourth-order valence-corrected chi connectivity index (χ4v) is 1.79. The fraction of sp³-hybridized carbons (Fsp3) is 0.200. The second-order valence-electron chi connectivity index (χ2n) is 4.47. The second-order valence-corrected chi connectivity index (χ2v) is 4.47.